The molecule has 2 aromatic carbocycles. The van der Waals surface area contributed by atoms with Crippen molar-refractivity contribution in [2.45, 2.75) is 6.42 Å². The van der Waals surface area contributed by atoms with Crippen LogP contribution in [0.2, 0.25) is 0 Å². The molecule has 0 radical (unpaired) electrons. The fourth-order valence-corrected chi connectivity index (χ4v) is 3.26. The van der Waals surface area contributed by atoms with Crippen LogP contribution in [-0.4, -0.2) is 14.2 Å². The van der Waals surface area contributed by atoms with Crippen molar-refractivity contribution in [1.82, 2.24) is 0 Å². The molecule has 2 aromatic rings. The minimum absolute atomic E-state index is 0.199. The number of hydrogen-bond donors (Lipinski definition) is 1. The Kier molecular flexibility index (Phi) is 4.95. The molecular formula is C14H12BrF2NO2S. The minimum atomic E-state index is -3.84. The molecule has 0 aliphatic carbocycles. The third kappa shape index (κ3) is 4.50. The minimum Gasteiger partial charge on any atom is -0.278 e. The molecule has 0 fully saturated rings. The van der Waals surface area contributed by atoms with E-state index in [4.69, 9.17) is 0 Å². The van der Waals surface area contributed by atoms with E-state index in [0.717, 1.165) is 17.7 Å². The zero-order valence-electron chi connectivity index (χ0n) is 10.8. The smallest absolute Gasteiger partial charge is 0.233 e. The van der Waals surface area contributed by atoms with Crippen molar-refractivity contribution in [3.63, 3.8) is 0 Å². The monoisotopic (exact) mass is 375 g/mol. The zero-order valence-corrected chi connectivity index (χ0v) is 13.2. The van der Waals surface area contributed by atoms with Gasteiger partial charge >= 0.3 is 0 Å². The highest BCUT2D eigenvalue weighted by Crippen LogP contribution is 2.24. The van der Waals surface area contributed by atoms with Gasteiger partial charge in [0.15, 0.2) is 11.6 Å². The van der Waals surface area contributed by atoms with Gasteiger partial charge in [0.05, 0.1) is 5.75 Å². The number of hydrogen-bond acceptors (Lipinski definition) is 2. The number of anilines is 1. The second-order valence-electron chi connectivity index (χ2n) is 4.40. The number of benzene rings is 2. The average Bonchev–Trinajstić information content (AvgIpc) is 2.42. The average molecular weight is 376 g/mol. The Balaban J connectivity index is 2.11. The molecule has 0 saturated heterocycles. The molecule has 21 heavy (non-hydrogen) atoms. The lowest BCUT2D eigenvalue weighted by Crippen LogP contribution is -2.19. The summed E-state index contributed by atoms with van der Waals surface area (Å²) in [5.41, 5.74) is 0.172. The van der Waals surface area contributed by atoms with Crippen LogP contribution in [0.15, 0.2) is 46.9 Å². The SMILES string of the molecule is O=S(=O)(CCc1ccccc1)Nc1c(F)cc(Br)cc1F. The topological polar surface area (TPSA) is 46.2 Å². The quantitative estimate of drug-likeness (QED) is 0.865. The first-order valence-electron chi connectivity index (χ1n) is 6.06. The Labute approximate surface area is 130 Å². The molecule has 2 rings (SSSR count). The van der Waals surface area contributed by atoms with Crippen molar-refractivity contribution in [2.75, 3.05) is 10.5 Å². The summed E-state index contributed by atoms with van der Waals surface area (Å²) in [5.74, 6) is -2.19. The van der Waals surface area contributed by atoms with Crippen molar-refractivity contribution >= 4 is 31.6 Å². The van der Waals surface area contributed by atoms with Crippen LogP contribution in [0.25, 0.3) is 0 Å². The Morgan fingerprint density at radius 3 is 2.19 bits per heavy atom. The summed E-state index contributed by atoms with van der Waals surface area (Å²) in [4.78, 5) is 0. The van der Waals surface area contributed by atoms with Crippen LogP contribution in [-0.2, 0) is 16.4 Å². The van der Waals surface area contributed by atoms with E-state index in [9.17, 15) is 17.2 Å². The molecule has 0 atom stereocenters. The van der Waals surface area contributed by atoms with Gasteiger partial charge in [-0.2, -0.15) is 0 Å². The molecule has 7 heteroatoms. The van der Waals surface area contributed by atoms with E-state index in [1.807, 2.05) is 10.8 Å². The van der Waals surface area contributed by atoms with E-state index in [1.54, 1.807) is 24.3 Å². The van der Waals surface area contributed by atoms with Crippen LogP contribution < -0.4 is 4.72 Å². The molecule has 0 spiro atoms. The van der Waals surface area contributed by atoms with E-state index in [-0.39, 0.29) is 16.6 Å². The van der Waals surface area contributed by atoms with Crippen molar-refractivity contribution in [1.29, 1.82) is 0 Å². The van der Waals surface area contributed by atoms with E-state index >= 15 is 0 Å². The third-order valence-electron chi connectivity index (χ3n) is 2.77. The van der Waals surface area contributed by atoms with E-state index < -0.39 is 27.3 Å². The summed E-state index contributed by atoms with van der Waals surface area (Å²) in [7, 11) is -3.84. The third-order valence-corrected chi connectivity index (χ3v) is 4.48. The van der Waals surface area contributed by atoms with Crippen molar-refractivity contribution < 1.29 is 17.2 Å². The summed E-state index contributed by atoms with van der Waals surface area (Å²) in [6.45, 7) is 0. The lowest BCUT2D eigenvalue weighted by molar-refractivity contribution is 0.581. The van der Waals surface area contributed by atoms with Gasteiger partial charge in [0.25, 0.3) is 0 Å². The number of halogens is 3. The number of rotatable bonds is 5. The van der Waals surface area contributed by atoms with Crippen LogP contribution in [0.4, 0.5) is 14.5 Å². The Morgan fingerprint density at radius 1 is 1.05 bits per heavy atom. The lowest BCUT2D eigenvalue weighted by atomic mass is 10.2. The molecule has 0 aromatic heterocycles. The van der Waals surface area contributed by atoms with E-state index in [1.165, 1.54) is 0 Å². The first-order valence-corrected chi connectivity index (χ1v) is 8.51. The number of aryl methyl sites for hydroxylation is 1. The molecule has 1 N–H and O–H groups in total. The van der Waals surface area contributed by atoms with Gasteiger partial charge in [-0.25, -0.2) is 17.2 Å². The highest BCUT2D eigenvalue weighted by molar-refractivity contribution is 9.10. The van der Waals surface area contributed by atoms with Gasteiger partial charge in [-0.1, -0.05) is 46.3 Å². The van der Waals surface area contributed by atoms with Crippen molar-refractivity contribution in [3.8, 4) is 0 Å². The maximum Gasteiger partial charge on any atom is 0.233 e. The van der Waals surface area contributed by atoms with Crippen LogP contribution in [0.5, 0.6) is 0 Å². The maximum absolute atomic E-state index is 13.6. The molecule has 3 nitrogen and oxygen atoms in total. The first kappa shape index (κ1) is 15.9. The molecule has 0 heterocycles. The van der Waals surface area contributed by atoms with Gasteiger partial charge < -0.3 is 0 Å². The van der Waals surface area contributed by atoms with Crippen LogP contribution in [0.1, 0.15) is 5.56 Å². The highest BCUT2D eigenvalue weighted by Gasteiger charge is 2.17. The van der Waals surface area contributed by atoms with Crippen LogP contribution in [0, 0.1) is 11.6 Å². The fraction of sp³-hybridized carbons (Fsp3) is 0.143. The van der Waals surface area contributed by atoms with Crippen molar-refractivity contribution in [2.24, 2.45) is 0 Å². The number of sulfonamides is 1. The zero-order chi connectivity index (χ0) is 15.5. The molecular weight excluding hydrogens is 364 g/mol. The Hall–Kier alpha value is -1.47. The standard InChI is InChI=1S/C14H12BrF2NO2S/c15-11-8-12(16)14(13(17)9-11)18-21(19,20)7-6-10-4-2-1-3-5-10/h1-5,8-9,18H,6-7H2. The normalized spacial score (nSPS) is 11.4. The predicted molar refractivity (Wildman–Crippen MR) is 81.6 cm³/mol. The van der Waals surface area contributed by atoms with E-state index in [2.05, 4.69) is 15.9 Å². The molecule has 0 saturated carbocycles. The van der Waals surface area contributed by atoms with Gasteiger partial charge in [-0.3, -0.25) is 4.72 Å². The maximum atomic E-state index is 13.6. The Morgan fingerprint density at radius 2 is 1.62 bits per heavy atom. The van der Waals surface area contributed by atoms with Gasteiger partial charge in [0.2, 0.25) is 10.0 Å². The molecule has 0 amide bonds. The summed E-state index contributed by atoms with van der Waals surface area (Å²) in [5, 5.41) is 0. The second kappa shape index (κ2) is 6.53. The summed E-state index contributed by atoms with van der Waals surface area (Å²) >= 11 is 2.93. The molecule has 0 unspecified atom stereocenters. The second-order valence-corrected chi connectivity index (χ2v) is 7.16. The molecule has 112 valence electrons. The van der Waals surface area contributed by atoms with Gasteiger partial charge in [-0.05, 0) is 24.1 Å². The summed E-state index contributed by atoms with van der Waals surface area (Å²) in [6, 6.07) is 11.0. The molecule has 0 aliphatic heterocycles. The Bertz CT molecular complexity index is 713. The summed E-state index contributed by atoms with van der Waals surface area (Å²) < 4.78 is 53.2. The first-order chi connectivity index (χ1) is 9.87. The predicted octanol–water partition coefficient (Wildman–Crippen LogP) is 3.71. The fourth-order valence-electron chi connectivity index (χ4n) is 1.74. The summed E-state index contributed by atoms with van der Waals surface area (Å²) in [6.07, 6.45) is 0.260. The molecule has 0 bridgehead atoms. The lowest BCUT2D eigenvalue weighted by Gasteiger charge is -2.10. The van der Waals surface area contributed by atoms with Gasteiger partial charge in [-0.15, -0.1) is 0 Å². The number of nitrogens with one attached hydrogen (secondary N) is 1. The molecule has 0 aliphatic rings. The van der Waals surface area contributed by atoms with E-state index in [0.29, 0.717) is 0 Å². The largest absolute Gasteiger partial charge is 0.278 e. The highest BCUT2D eigenvalue weighted by atomic mass is 79.9. The van der Waals surface area contributed by atoms with Gasteiger partial charge in [0, 0.05) is 4.47 Å². The van der Waals surface area contributed by atoms with Crippen molar-refractivity contribution in [3.05, 3.63) is 64.1 Å². The van der Waals surface area contributed by atoms with Crippen LogP contribution in [0.3, 0.4) is 0 Å². The van der Waals surface area contributed by atoms with Gasteiger partial charge in [0.1, 0.15) is 5.69 Å². The van der Waals surface area contributed by atoms with Crippen LogP contribution >= 0.6 is 15.9 Å².